The van der Waals surface area contributed by atoms with Crippen LogP contribution in [-0.4, -0.2) is 46.8 Å². The van der Waals surface area contributed by atoms with E-state index in [4.69, 9.17) is 15.3 Å². The summed E-state index contributed by atoms with van der Waals surface area (Å²) in [6.07, 6.45) is 0. The standard InChI is InChI=1S/C21H24N6O4S/c1-12-6-5-7-15(13(12)2)23-20(29)24-18(28)11-32-21-26-25-19(27(21)22)14-8-9-16(30-3)17(10-14)31-4/h5-10H,11,22H2,1-4H3,(H2,23,24,28,29). The molecule has 0 saturated heterocycles. The van der Waals surface area contributed by atoms with Gasteiger partial charge in [0.2, 0.25) is 11.1 Å². The molecule has 4 N–H and O–H groups in total. The van der Waals surface area contributed by atoms with E-state index in [1.165, 1.54) is 11.8 Å². The van der Waals surface area contributed by atoms with E-state index in [1.807, 2.05) is 26.0 Å². The Bertz CT molecular complexity index is 1150. The number of anilines is 1. The van der Waals surface area contributed by atoms with Crippen molar-refractivity contribution in [1.29, 1.82) is 0 Å². The monoisotopic (exact) mass is 456 g/mol. The Morgan fingerprint density at radius 2 is 1.84 bits per heavy atom. The number of aromatic nitrogens is 3. The van der Waals surface area contributed by atoms with Gasteiger partial charge in [-0.2, -0.15) is 0 Å². The van der Waals surface area contributed by atoms with Crippen LogP contribution in [-0.2, 0) is 4.79 Å². The number of hydrogen-bond acceptors (Lipinski definition) is 8. The van der Waals surface area contributed by atoms with Crippen molar-refractivity contribution in [2.24, 2.45) is 0 Å². The number of aryl methyl sites for hydroxylation is 1. The van der Waals surface area contributed by atoms with Crippen molar-refractivity contribution >= 4 is 29.4 Å². The Kier molecular flexibility index (Phi) is 7.21. The van der Waals surface area contributed by atoms with E-state index in [0.29, 0.717) is 33.7 Å². The fourth-order valence-corrected chi connectivity index (χ4v) is 3.54. The third-order valence-electron chi connectivity index (χ3n) is 4.74. The normalized spacial score (nSPS) is 10.5. The van der Waals surface area contributed by atoms with Crippen molar-refractivity contribution in [3.8, 4) is 22.9 Å². The number of nitrogen functional groups attached to an aromatic ring is 1. The lowest BCUT2D eigenvalue weighted by atomic mass is 10.1. The predicted octanol–water partition coefficient (Wildman–Crippen LogP) is 2.73. The zero-order chi connectivity index (χ0) is 23.3. The van der Waals surface area contributed by atoms with Crippen LogP contribution in [0.25, 0.3) is 11.4 Å². The number of benzene rings is 2. The number of nitrogens with zero attached hydrogens (tertiary/aromatic N) is 3. The molecular weight excluding hydrogens is 432 g/mol. The molecule has 168 valence electrons. The molecule has 1 heterocycles. The van der Waals surface area contributed by atoms with E-state index in [-0.39, 0.29) is 5.75 Å². The second-order valence-corrected chi connectivity index (χ2v) is 7.73. The Morgan fingerprint density at radius 3 is 2.56 bits per heavy atom. The number of amides is 3. The summed E-state index contributed by atoms with van der Waals surface area (Å²) in [5, 5.41) is 13.4. The number of rotatable bonds is 7. The second kappa shape index (κ2) is 10.1. The number of hydrogen-bond donors (Lipinski definition) is 3. The highest BCUT2D eigenvalue weighted by Gasteiger charge is 2.17. The molecule has 10 nitrogen and oxygen atoms in total. The quantitative estimate of drug-likeness (QED) is 0.365. The predicted molar refractivity (Wildman–Crippen MR) is 123 cm³/mol. The lowest BCUT2D eigenvalue weighted by molar-refractivity contribution is -0.117. The first-order chi connectivity index (χ1) is 15.3. The van der Waals surface area contributed by atoms with Crippen molar-refractivity contribution in [3.63, 3.8) is 0 Å². The number of nitrogens with one attached hydrogen (secondary N) is 2. The highest BCUT2D eigenvalue weighted by Crippen LogP contribution is 2.32. The van der Waals surface area contributed by atoms with Crippen molar-refractivity contribution < 1.29 is 19.1 Å². The number of imide groups is 1. The van der Waals surface area contributed by atoms with E-state index in [9.17, 15) is 9.59 Å². The van der Waals surface area contributed by atoms with Crippen LogP contribution in [0.15, 0.2) is 41.6 Å². The van der Waals surface area contributed by atoms with Gasteiger partial charge in [0.15, 0.2) is 17.3 Å². The average molecular weight is 457 g/mol. The van der Waals surface area contributed by atoms with Gasteiger partial charge in [0.25, 0.3) is 0 Å². The summed E-state index contributed by atoms with van der Waals surface area (Å²) in [6, 6.07) is 10.2. The molecule has 0 spiro atoms. The third kappa shape index (κ3) is 5.11. The van der Waals surface area contributed by atoms with Gasteiger partial charge in [-0.1, -0.05) is 23.9 Å². The highest BCUT2D eigenvalue weighted by atomic mass is 32.2. The van der Waals surface area contributed by atoms with Crippen molar-refractivity contribution in [2.45, 2.75) is 19.0 Å². The van der Waals surface area contributed by atoms with Gasteiger partial charge < -0.3 is 20.6 Å². The molecule has 3 rings (SSSR count). The Morgan fingerprint density at radius 1 is 1.09 bits per heavy atom. The van der Waals surface area contributed by atoms with Crippen molar-refractivity contribution in [1.82, 2.24) is 20.2 Å². The molecule has 0 fully saturated rings. The summed E-state index contributed by atoms with van der Waals surface area (Å²) < 4.78 is 11.8. The molecule has 0 aliphatic rings. The van der Waals surface area contributed by atoms with E-state index >= 15 is 0 Å². The minimum atomic E-state index is -0.607. The molecule has 11 heteroatoms. The number of carbonyl (C=O) groups is 2. The van der Waals surface area contributed by atoms with Crippen LogP contribution in [0, 0.1) is 13.8 Å². The largest absolute Gasteiger partial charge is 0.493 e. The maximum Gasteiger partial charge on any atom is 0.325 e. The molecule has 0 atom stereocenters. The van der Waals surface area contributed by atoms with Crippen molar-refractivity contribution in [2.75, 3.05) is 31.1 Å². The van der Waals surface area contributed by atoms with Crippen LogP contribution in [0.4, 0.5) is 10.5 Å². The minimum absolute atomic E-state index is 0.0680. The number of carbonyl (C=O) groups excluding carboxylic acids is 2. The number of thioether (sulfide) groups is 1. The molecule has 0 saturated carbocycles. The van der Waals surface area contributed by atoms with Crippen LogP contribution in [0.3, 0.4) is 0 Å². The summed E-state index contributed by atoms with van der Waals surface area (Å²) in [5.41, 5.74) is 3.28. The van der Waals surface area contributed by atoms with Gasteiger partial charge in [0.1, 0.15) is 0 Å². The number of nitrogens with two attached hydrogens (primary N) is 1. The van der Waals surface area contributed by atoms with Gasteiger partial charge in [0.05, 0.1) is 20.0 Å². The molecule has 1 aromatic heterocycles. The van der Waals surface area contributed by atoms with Gasteiger partial charge in [0, 0.05) is 11.3 Å². The second-order valence-electron chi connectivity index (χ2n) is 6.78. The number of urea groups is 1. The summed E-state index contributed by atoms with van der Waals surface area (Å²) in [6.45, 7) is 3.84. The molecule has 0 unspecified atom stereocenters. The van der Waals surface area contributed by atoms with Gasteiger partial charge in [-0.05, 0) is 49.2 Å². The van der Waals surface area contributed by atoms with E-state index in [2.05, 4.69) is 20.8 Å². The SMILES string of the molecule is COc1ccc(-c2nnc(SCC(=O)NC(=O)Nc3cccc(C)c3C)n2N)cc1OC. The molecule has 0 aliphatic heterocycles. The van der Waals surface area contributed by atoms with Crippen molar-refractivity contribution in [3.05, 3.63) is 47.5 Å². The molecule has 0 aliphatic carbocycles. The van der Waals surface area contributed by atoms with E-state index in [1.54, 1.807) is 31.4 Å². The smallest absolute Gasteiger partial charge is 0.325 e. The lowest BCUT2D eigenvalue weighted by Gasteiger charge is -2.11. The molecule has 3 aromatic rings. The van der Waals surface area contributed by atoms with Gasteiger partial charge in [-0.15, -0.1) is 10.2 Å². The molecule has 0 bridgehead atoms. The number of methoxy groups -OCH3 is 2. The Balaban J connectivity index is 1.60. The maximum absolute atomic E-state index is 12.2. The van der Waals surface area contributed by atoms with Gasteiger partial charge in [-0.3, -0.25) is 10.1 Å². The van der Waals surface area contributed by atoms with E-state index in [0.717, 1.165) is 22.9 Å². The average Bonchev–Trinajstić information content (AvgIpc) is 3.15. The fraction of sp³-hybridized carbons (Fsp3) is 0.238. The van der Waals surface area contributed by atoms with Crippen LogP contribution >= 0.6 is 11.8 Å². The number of ether oxygens (including phenoxy) is 2. The Labute approximate surface area is 189 Å². The summed E-state index contributed by atoms with van der Waals surface area (Å²) in [7, 11) is 3.08. The third-order valence-corrected chi connectivity index (χ3v) is 5.69. The molecule has 32 heavy (non-hydrogen) atoms. The maximum atomic E-state index is 12.2. The molecule has 2 aromatic carbocycles. The lowest BCUT2D eigenvalue weighted by Crippen LogP contribution is -2.35. The first-order valence-corrected chi connectivity index (χ1v) is 10.5. The van der Waals surface area contributed by atoms with Gasteiger partial charge in [-0.25, -0.2) is 9.47 Å². The zero-order valence-electron chi connectivity index (χ0n) is 18.1. The summed E-state index contributed by atoms with van der Waals surface area (Å²) in [5.74, 6) is 7.03. The van der Waals surface area contributed by atoms with Crippen LogP contribution in [0.5, 0.6) is 11.5 Å². The summed E-state index contributed by atoms with van der Waals surface area (Å²) >= 11 is 1.06. The van der Waals surface area contributed by atoms with Crippen LogP contribution in [0.2, 0.25) is 0 Å². The first-order valence-electron chi connectivity index (χ1n) is 9.56. The summed E-state index contributed by atoms with van der Waals surface area (Å²) in [4.78, 5) is 24.3. The minimum Gasteiger partial charge on any atom is -0.493 e. The van der Waals surface area contributed by atoms with Crippen LogP contribution < -0.4 is 25.9 Å². The topological polar surface area (TPSA) is 133 Å². The Hall–Kier alpha value is -3.73. The molecule has 3 amide bonds. The zero-order valence-corrected chi connectivity index (χ0v) is 18.9. The van der Waals surface area contributed by atoms with Crippen LogP contribution in [0.1, 0.15) is 11.1 Å². The van der Waals surface area contributed by atoms with Gasteiger partial charge >= 0.3 is 6.03 Å². The first kappa shape index (κ1) is 22.9. The molecular formula is C21H24N6O4S. The molecule has 0 radical (unpaired) electrons. The highest BCUT2D eigenvalue weighted by molar-refractivity contribution is 7.99. The van der Waals surface area contributed by atoms with E-state index < -0.39 is 11.9 Å². The fourth-order valence-electron chi connectivity index (χ4n) is 2.88.